The van der Waals surface area contributed by atoms with Gasteiger partial charge in [0.2, 0.25) is 5.95 Å². The van der Waals surface area contributed by atoms with Crippen molar-refractivity contribution in [3.63, 3.8) is 0 Å². The lowest BCUT2D eigenvalue weighted by atomic mass is 10.2. The first kappa shape index (κ1) is 25.1. The summed E-state index contributed by atoms with van der Waals surface area (Å²) in [5, 5.41) is 20.1. The molecule has 2 aromatic heterocycles. The Morgan fingerprint density at radius 2 is 1.88 bits per heavy atom. The number of aromatic nitrogens is 4. The van der Waals surface area contributed by atoms with E-state index in [-0.39, 0.29) is 23.5 Å². The molecule has 3 heterocycles. The fourth-order valence-electron chi connectivity index (χ4n) is 2.75. The molecule has 0 aromatic carbocycles. The Morgan fingerprint density at radius 1 is 1.22 bits per heavy atom. The Hall–Kier alpha value is -1.56. The number of aliphatic hydroxyl groups excluding tert-OH is 2. The first-order chi connectivity index (χ1) is 14.6. The van der Waals surface area contributed by atoms with Crippen molar-refractivity contribution in [3.05, 3.63) is 16.7 Å². The van der Waals surface area contributed by atoms with E-state index in [9.17, 15) is 33.6 Å². The van der Waals surface area contributed by atoms with Crippen molar-refractivity contribution in [2.75, 3.05) is 5.73 Å². The van der Waals surface area contributed by atoms with Crippen LogP contribution in [-0.4, -0.2) is 67.8 Å². The molecule has 1 aliphatic rings. The second-order valence-electron chi connectivity index (χ2n) is 6.22. The molecule has 0 saturated carbocycles. The van der Waals surface area contributed by atoms with Gasteiger partial charge >= 0.3 is 23.5 Å². The Kier molecular flexibility index (Phi) is 6.78. The molecular weight excluding hydrogens is 507 g/mol. The van der Waals surface area contributed by atoms with Crippen LogP contribution in [0.25, 0.3) is 11.2 Å². The number of anilines is 1. The summed E-state index contributed by atoms with van der Waals surface area (Å²) >= 11 is 0. The fourth-order valence-corrected chi connectivity index (χ4v) is 5.81. The predicted octanol–water partition coefficient (Wildman–Crippen LogP) is -1.99. The molecule has 0 radical (unpaired) electrons. The first-order valence-electron chi connectivity index (χ1n) is 8.13. The SMILES string of the molecule is Nc1nc2c(ncn2[C@H]2C[C@H](O)[C@@H](C(O)OP(=O)(O)OP(=O)(O)OP(=O)(O)O)O2)c(=O)[nH]1. The molecule has 180 valence electrons. The number of nitrogens with one attached hydrogen (secondary N) is 1. The van der Waals surface area contributed by atoms with Crippen molar-refractivity contribution < 1.29 is 61.4 Å². The normalized spacial score (nSPS) is 26.6. The summed E-state index contributed by atoms with van der Waals surface area (Å²) in [4.78, 5) is 57.4. The van der Waals surface area contributed by atoms with Crippen LogP contribution < -0.4 is 11.3 Å². The van der Waals surface area contributed by atoms with Crippen LogP contribution in [0.2, 0.25) is 0 Å². The topological polar surface area (TPSA) is 299 Å². The van der Waals surface area contributed by atoms with Gasteiger partial charge in [-0.15, -0.1) is 0 Å². The van der Waals surface area contributed by atoms with Crippen molar-refractivity contribution >= 4 is 40.6 Å². The molecule has 32 heavy (non-hydrogen) atoms. The zero-order valence-electron chi connectivity index (χ0n) is 15.3. The lowest BCUT2D eigenvalue weighted by Crippen LogP contribution is -2.35. The van der Waals surface area contributed by atoms with Crippen molar-refractivity contribution in [3.8, 4) is 0 Å². The molecule has 3 rings (SSSR count). The van der Waals surface area contributed by atoms with Crippen LogP contribution in [0, 0.1) is 0 Å². The summed E-state index contributed by atoms with van der Waals surface area (Å²) in [5.74, 6) is -0.243. The van der Waals surface area contributed by atoms with Crippen LogP contribution in [0.3, 0.4) is 0 Å². The van der Waals surface area contributed by atoms with Gasteiger partial charge in [0.1, 0.15) is 12.3 Å². The Morgan fingerprint density at radius 3 is 2.50 bits per heavy atom. The van der Waals surface area contributed by atoms with Gasteiger partial charge in [-0.3, -0.25) is 18.9 Å². The summed E-state index contributed by atoms with van der Waals surface area (Å²) in [6.07, 6.45) is -5.98. The third kappa shape index (κ3) is 5.86. The van der Waals surface area contributed by atoms with Crippen LogP contribution in [0.15, 0.2) is 11.1 Å². The Bertz CT molecular complexity index is 1210. The Labute approximate surface area is 175 Å². The highest BCUT2D eigenvalue weighted by Gasteiger charge is 2.46. The van der Waals surface area contributed by atoms with Crippen molar-refractivity contribution in [2.24, 2.45) is 0 Å². The highest BCUT2D eigenvalue weighted by molar-refractivity contribution is 7.66. The highest BCUT2D eigenvalue weighted by Crippen LogP contribution is 2.66. The number of ether oxygens (including phenoxy) is 1. The number of fused-ring (bicyclic) bond motifs is 1. The molecule has 0 spiro atoms. The van der Waals surface area contributed by atoms with Gasteiger partial charge in [0.15, 0.2) is 17.5 Å². The van der Waals surface area contributed by atoms with Gasteiger partial charge in [0.25, 0.3) is 5.56 Å². The van der Waals surface area contributed by atoms with Crippen LogP contribution in [-0.2, 0) is 31.6 Å². The molecule has 1 aliphatic heterocycles. The molecule has 2 aromatic rings. The first-order valence-corrected chi connectivity index (χ1v) is 12.7. The van der Waals surface area contributed by atoms with Crippen molar-refractivity contribution in [1.29, 1.82) is 0 Å². The van der Waals surface area contributed by atoms with Gasteiger partial charge in [-0.1, -0.05) is 0 Å². The number of nitrogens with two attached hydrogens (primary N) is 1. The smallest absolute Gasteiger partial charge is 0.390 e. The van der Waals surface area contributed by atoms with E-state index in [2.05, 4.69) is 28.1 Å². The number of hydrogen-bond acceptors (Lipinski definition) is 13. The zero-order valence-corrected chi connectivity index (χ0v) is 18.0. The van der Waals surface area contributed by atoms with E-state index in [0.29, 0.717) is 0 Å². The zero-order chi connectivity index (χ0) is 24.1. The molecule has 0 amide bonds. The number of phosphoric ester groups is 1. The van der Waals surface area contributed by atoms with E-state index >= 15 is 0 Å². The molecule has 6 atom stereocenters. The second-order valence-corrected chi connectivity index (χ2v) is 10.6. The van der Waals surface area contributed by atoms with E-state index in [1.807, 2.05) is 0 Å². The van der Waals surface area contributed by atoms with E-state index < -0.39 is 53.8 Å². The van der Waals surface area contributed by atoms with Crippen LogP contribution in [0.4, 0.5) is 5.95 Å². The maximum atomic E-state index is 11.8. The van der Waals surface area contributed by atoms with Crippen LogP contribution >= 0.6 is 23.5 Å². The lowest BCUT2D eigenvalue weighted by molar-refractivity contribution is -0.160. The summed E-state index contributed by atoms with van der Waals surface area (Å²) < 4.78 is 51.6. The fraction of sp³-hybridized carbons (Fsp3) is 0.500. The monoisotopic (exact) mass is 523 g/mol. The van der Waals surface area contributed by atoms with Crippen LogP contribution in [0.1, 0.15) is 12.6 Å². The van der Waals surface area contributed by atoms with E-state index in [4.69, 9.17) is 25.2 Å². The van der Waals surface area contributed by atoms with Gasteiger partial charge in [-0.05, 0) is 0 Å². The quantitative estimate of drug-likeness (QED) is 0.137. The largest absolute Gasteiger partial charge is 0.490 e. The maximum absolute atomic E-state index is 11.8. The number of imidazole rings is 1. The molecule has 19 nitrogen and oxygen atoms in total. The molecule has 1 fully saturated rings. The molecule has 3 unspecified atom stereocenters. The summed E-state index contributed by atoms with van der Waals surface area (Å²) in [6, 6.07) is 0. The number of hydrogen-bond donors (Lipinski definition) is 8. The molecule has 0 bridgehead atoms. The lowest BCUT2D eigenvalue weighted by Gasteiger charge is -2.23. The van der Waals surface area contributed by atoms with Crippen LogP contribution in [0.5, 0.6) is 0 Å². The van der Waals surface area contributed by atoms with Gasteiger partial charge < -0.3 is 40.3 Å². The number of aliphatic hydroxyl groups is 2. The average molecular weight is 523 g/mol. The summed E-state index contributed by atoms with van der Waals surface area (Å²) in [5.41, 5.74) is 4.67. The van der Waals surface area contributed by atoms with E-state index in [1.54, 1.807) is 0 Å². The molecule has 22 heteroatoms. The second kappa shape index (κ2) is 8.66. The van der Waals surface area contributed by atoms with E-state index in [1.165, 1.54) is 4.57 Å². The average Bonchev–Trinajstić information content (AvgIpc) is 3.14. The molecule has 9 N–H and O–H groups in total. The van der Waals surface area contributed by atoms with Gasteiger partial charge in [0, 0.05) is 6.42 Å². The van der Waals surface area contributed by atoms with Gasteiger partial charge in [-0.2, -0.15) is 13.6 Å². The molecule has 1 saturated heterocycles. The minimum atomic E-state index is -5.81. The van der Waals surface area contributed by atoms with Gasteiger partial charge in [-0.25, -0.2) is 18.7 Å². The number of nitrogen functional groups attached to an aromatic ring is 1. The highest BCUT2D eigenvalue weighted by atomic mass is 31.3. The minimum Gasteiger partial charge on any atom is -0.390 e. The standard InChI is InChI=1S/C10H16N5O14P3/c11-10-13-7-5(8(17)14-10)12-2-15(7)4-1-3(16)6(26-4)9(18)27-31(22,23)29-32(24,25)28-30(19,20)21/h2-4,6,9,16,18H,1H2,(H,22,23)(H,24,25)(H2,19,20,21)(H3,11,13,14,17)/t3-,4+,6-,9?/m0/s1. The molecule has 0 aliphatic carbocycles. The van der Waals surface area contributed by atoms with Crippen molar-refractivity contribution in [2.45, 2.75) is 31.1 Å². The third-order valence-corrected chi connectivity index (χ3v) is 7.65. The molecular formula is C10H16N5O14P3. The van der Waals surface area contributed by atoms with Gasteiger partial charge in [0.05, 0.1) is 12.4 Å². The third-order valence-electron chi connectivity index (χ3n) is 3.84. The summed E-state index contributed by atoms with van der Waals surface area (Å²) in [6.45, 7) is 0. The summed E-state index contributed by atoms with van der Waals surface area (Å²) in [7, 11) is -17.1. The van der Waals surface area contributed by atoms with Crippen molar-refractivity contribution in [1.82, 2.24) is 19.5 Å². The number of nitrogens with zero attached hydrogens (tertiary/aromatic N) is 3. The number of H-pyrrole nitrogens is 1. The number of aromatic amines is 1. The predicted molar refractivity (Wildman–Crippen MR) is 98.1 cm³/mol. The van der Waals surface area contributed by atoms with E-state index in [0.717, 1.165) is 6.33 Å². The number of phosphoric acid groups is 3. The number of rotatable bonds is 8. The Balaban J connectivity index is 1.73. The minimum absolute atomic E-state index is 0.0357. The maximum Gasteiger partial charge on any atom is 0.490 e.